The highest BCUT2D eigenvalue weighted by Gasteiger charge is 2.36. The molecule has 0 radical (unpaired) electrons. The number of para-hydroxylation sites is 1. The summed E-state index contributed by atoms with van der Waals surface area (Å²) in [5.41, 5.74) is 2.04. The molecule has 4 rings (SSSR count). The topological polar surface area (TPSA) is 81.9 Å². The molecule has 0 aliphatic carbocycles. The van der Waals surface area contributed by atoms with Gasteiger partial charge in [0, 0.05) is 28.4 Å². The summed E-state index contributed by atoms with van der Waals surface area (Å²) in [5, 5.41) is 0.534. The molecule has 1 fully saturated rings. The highest BCUT2D eigenvalue weighted by molar-refractivity contribution is 8.00. The Bertz CT molecular complexity index is 1320. The fraction of sp³-hybridized carbons (Fsp3) is 0.381. The molecule has 3 heterocycles. The van der Waals surface area contributed by atoms with Crippen LogP contribution in [0.1, 0.15) is 40.0 Å². The van der Waals surface area contributed by atoms with E-state index in [1.165, 1.54) is 6.07 Å². The van der Waals surface area contributed by atoms with Crippen molar-refractivity contribution in [3.63, 3.8) is 0 Å². The van der Waals surface area contributed by atoms with Crippen LogP contribution in [-0.4, -0.2) is 46.0 Å². The van der Waals surface area contributed by atoms with Gasteiger partial charge in [-0.3, -0.25) is 4.79 Å². The molecule has 11 heteroatoms. The summed E-state index contributed by atoms with van der Waals surface area (Å²) in [5.74, 6) is -1.45. The van der Waals surface area contributed by atoms with E-state index in [0.717, 1.165) is 17.5 Å². The van der Waals surface area contributed by atoms with Gasteiger partial charge < -0.3 is 4.57 Å². The number of halogens is 3. The third kappa shape index (κ3) is 4.40. The monoisotopic (exact) mass is 483 g/mol. The van der Waals surface area contributed by atoms with Crippen LogP contribution in [0.4, 0.5) is 13.2 Å². The lowest BCUT2D eigenvalue weighted by molar-refractivity contribution is -0.145. The Hall–Kier alpha value is -2.40. The number of sulfone groups is 1. The first-order chi connectivity index (χ1) is 15.0. The number of Topliss-reactive ketones (excluding diaryl/α,β-unsaturated/α-hetero) is 1. The molecule has 170 valence electrons. The summed E-state index contributed by atoms with van der Waals surface area (Å²) >= 11 is 0.933. The zero-order valence-electron chi connectivity index (χ0n) is 17.3. The first kappa shape index (κ1) is 22.8. The van der Waals surface area contributed by atoms with E-state index < -0.39 is 21.8 Å². The van der Waals surface area contributed by atoms with Crippen LogP contribution in [0.15, 0.2) is 35.4 Å². The van der Waals surface area contributed by atoms with Gasteiger partial charge in [0.1, 0.15) is 5.03 Å². The van der Waals surface area contributed by atoms with E-state index in [0.29, 0.717) is 23.1 Å². The number of aryl methyl sites for hydroxylation is 1. The quantitative estimate of drug-likeness (QED) is 0.304. The van der Waals surface area contributed by atoms with E-state index in [9.17, 15) is 26.4 Å². The largest absolute Gasteiger partial charge is 0.451 e. The van der Waals surface area contributed by atoms with Gasteiger partial charge in [-0.15, -0.1) is 0 Å². The molecule has 3 aromatic rings. The molecule has 6 nitrogen and oxygen atoms in total. The first-order valence-corrected chi connectivity index (χ1v) is 12.7. The summed E-state index contributed by atoms with van der Waals surface area (Å²) in [4.78, 5) is 20.2. The zero-order valence-corrected chi connectivity index (χ0v) is 18.9. The van der Waals surface area contributed by atoms with E-state index in [-0.39, 0.29) is 39.6 Å². The van der Waals surface area contributed by atoms with Crippen molar-refractivity contribution in [1.29, 1.82) is 0 Å². The van der Waals surface area contributed by atoms with E-state index in [1.54, 1.807) is 31.2 Å². The van der Waals surface area contributed by atoms with Crippen LogP contribution < -0.4 is 0 Å². The molecule has 1 aliphatic heterocycles. The zero-order chi connectivity index (χ0) is 23.3. The SMILES string of the molecule is Cc1cc(C(=O)CSc2nc(C(F)(F)F)nc3ccccc23)c(C)n1[C@@H]1CCS(=O)(=O)C1. The second kappa shape index (κ2) is 8.18. The number of hydrogen-bond donors (Lipinski definition) is 0. The molecule has 0 saturated carbocycles. The van der Waals surface area contributed by atoms with Crippen molar-refractivity contribution in [2.45, 2.75) is 37.5 Å². The molecular weight excluding hydrogens is 463 g/mol. The lowest BCUT2D eigenvalue weighted by atomic mass is 10.2. The number of carbonyl (C=O) groups is 1. The average Bonchev–Trinajstić information content (AvgIpc) is 3.22. The fourth-order valence-corrected chi connectivity index (χ4v) is 6.70. The lowest BCUT2D eigenvalue weighted by Gasteiger charge is -2.16. The minimum atomic E-state index is -4.70. The Morgan fingerprint density at radius 3 is 2.59 bits per heavy atom. The van der Waals surface area contributed by atoms with Crippen LogP contribution in [0.3, 0.4) is 0 Å². The first-order valence-electron chi connectivity index (χ1n) is 9.85. The lowest BCUT2D eigenvalue weighted by Crippen LogP contribution is -2.15. The number of rotatable bonds is 5. The number of aromatic nitrogens is 3. The summed E-state index contributed by atoms with van der Waals surface area (Å²) in [6.07, 6.45) is -4.20. The average molecular weight is 484 g/mol. The second-order valence-electron chi connectivity index (χ2n) is 7.79. The maximum Gasteiger partial charge on any atom is 0.451 e. The smallest absolute Gasteiger partial charge is 0.344 e. The van der Waals surface area contributed by atoms with Gasteiger partial charge in [-0.25, -0.2) is 18.4 Å². The summed E-state index contributed by atoms with van der Waals surface area (Å²) in [6.45, 7) is 3.58. The molecule has 2 aromatic heterocycles. The number of benzene rings is 1. The van der Waals surface area contributed by atoms with Crippen molar-refractivity contribution in [3.8, 4) is 0 Å². The molecule has 1 aromatic carbocycles. The van der Waals surface area contributed by atoms with Crippen molar-refractivity contribution < 1.29 is 26.4 Å². The Labute approximate surface area is 187 Å². The van der Waals surface area contributed by atoms with E-state index in [1.807, 2.05) is 11.5 Å². The molecule has 0 amide bonds. The Morgan fingerprint density at radius 2 is 1.94 bits per heavy atom. The minimum absolute atomic E-state index is 0.0406. The number of nitrogens with zero attached hydrogens (tertiary/aromatic N) is 3. The normalized spacial score (nSPS) is 18.3. The van der Waals surface area contributed by atoms with Crippen LogP contribution >= 0.6 is 11.8 Å². The molecule has 0 unspecified atom stereocenters. The standard InChI is InChI=1S/C21H20F3N3O3S2/c1-12-9-16(13(2)27(12)14-7-8-32(29,30)11-14)18(28)10-31-19-15-5-3-4-6-17(15)25-20(26-19)21(22,23)24/h3-6,9,14H,7-8,10-11H2,1-2H3/t14-/m1/s1. The van der Waals surface area contributed by atoms with Gasteiger partial charge in [0.25, 0.3) is 0 Å². The third-order valence-corrected chi connectivity index (χ3v) is 8.26. The number of hydrogen-bond acceptors (Lipinski definition) is 6. The summed E-state index contributed by atoms with van der Waals surface area (Å²) in [6, 6.07) is 7.86. The fourth-order valence-electron chi connectivity index (χ4n) is 4.10. The van der Waals surface area contributed by atoms with Crippen LogP contribution in [0.25, 0.3) is 10.9 Å². The molecule has 1 saturated heterocycles. The highest BCUT2D eigenvalue weighted by atomic mass is 32.2. The number of ketones is 1. The van der Waals surface area contributed by atoms with E-state index in [2.05, 4.69) is 9.97 Å². The molecule has 1 aliphatic rings. The second-order valence-corrected chi connectivity index (χ2v) is 11.0. The summed E-state index contributed by atoms with van der Waals surface area (Å²) in [7, 11) is -3.09. The van der Waals surface area contributed by atoms with Crippen molar-refractivity contribution in [1.82, 2.24) is 14.5 Å². The molecule has 32 heavy (non-hydrogen) atoms. The molecule has 0 bridgehead atoms. The van der Waals surface area contributed by atoms with Gasteiger partial charge in [0.05, 0.1) is 22.8 Å². The molecule has 1 atom stereocenters. The van der Waals surface area contributed by atoms with Crippen LogP contribution in [0, 0.1) is 13.8 Å². The summed E-state index contributed by atoms with van der Waals surface area (Å²) < 4.78 is 65.3. The highest BCUT2D eigenvalue weighted by Crippen LogP contribution is 2.33. The van der Waals surface area contributed by atoms with Gasteiger partial charge in [-0.05, 0) is 32.4 Å². The van der Waals surface area contributed by atoms with Crippen LogP contribution in [0.5, 0.6) is 0 Å². The third-order valence-electron chi connectivity index (χ3n) is 5.52. The van der Waals surface area contributed by atoms with Gasteiger partial charge in [0.2, 0.25) is 5.82 Å². The van der Waals surface area contributed by atoms with Gasteiger partial charge in [-0.1, -0.05) is 30.0 Å². The Morgan fingerprint density at radius 1 is 1.22 bits per heavy atom. The number of thioether (sulfide) groups is 1. The maximum absolute atomic E-state index is 13.2. The minimum Gasteiger partial charge on any atom is -0.344 e. The van der Waals surface area contributed by atoms with E-state index in [4.69, 9.17) is 0 Å². The predicted octanol–water partition coefficient (Wildman–Crippen LogP) is 4.40. The number of alkyl halides is 3. The van der Waals surface area contributed by atoms with Gasteiger partial charge in [0.15, 0.2) is 15.6 Å². The van der Waals surface area contributed by atoms with Crippen molar-refractivity contribution in [2.24, 2.45) is 0 Å². The van der Waals surface area contributed by atoms with Crippen molar-refractivity contribution in [2.75, 3.05) is 17.3 Å². The van der Waals surface area contributed by atoms with Crippen molar-refractivity contribution >= 4 is 38.3 Å². The number of fused-ring (bicyclic) bond motifs is 1. The van der Waals surface area contributed by atoms with Crippen LogP contribution in [0.2, 0.25) is 0 Å². The van der Waals surface area contributed by atoms with E-state index >= 15 is 0 Å². The van der Waals surface area contributed by atoms with Crippen molar-refractivity contribution in [3.05, 3.63) is 53.1 Å². The maximum atomic E-state index is 13.2. The Balaban J connectivity index is 1.60. The number of carbonyl (C=O) groups excluding carboxylic acids is 1. The van der Waals surface area contributed by atoms with Gasteiger partial charge in [-0.2, -0.15) is 13.2 Å². The van der Waals surface area contributed by atoms with Gasteiger partial charge >= 0.3 is 6.18 Å². The molecule has 0 spiro atoms. The molecular formula is C21H20F3N3O3S2. The molecule has 0 N–H and O–H groups in total. The predicted molar refractivity (Wildman–Crippen MR) is 116 cm³/mol. The Kier molecular flexibility index (Phi) is 5.83. The van der Waals surface area contributed by atoms with Crippen LogP contribution in [-0.2, 0) is 16.0 Å².